The number of H-pyrrole nitrogens is 1. The van der Waals surface area contributed by atoms with Gasteiger partial charge in [0, 0.05) is 5.54 Å². The molecule has 0 atom stereocenters. The number of phenolic OH excluding ortho intramolecular Hbond substituents is 1. The summed E-state index contributed by atoms with van der Waals surface area (Å²) in [6, 6.07) is 4.14. The average molecular weight is 267 g/mol. The van der Waals surface area contributed by atoms with Crippen molar-refractivity contribution in [2.24, 2.45) is 0 Å². The van der Waals surface area contributed by atoms with E-state index in [0.717, 1.165) is 0 Å². The largest absolute Gasteiger partial charge is 0.507 e. The summed E-state index contributed by atoms with van der Waals surface area (Å²) in [5.41, 5.74) is -0.312. The molecule has 2 N–H and O–H groups in total. The molecule has 0 aliphatic rings. The zero-order chi connectivity index (χ0) is 13.5. The minimum Gasteiger partial charge on any atom is -0.507 e. The molecule has 0 saturated heterocycles. The van der Waals surface area contributed by atoms with E-state index in [0.29, 0.717) is 10.6 Å². The van der Waals surface area contributed by atoms with Gasteiger partial charge in [0.05, 0.1) is 5.56 Å². The SMILES string of the molecule is CC(C)(C)n1c(-c2c(O)cccc2F)n[nH]c1=S. The molecule has 1 aromatic heterocycles. The Labute approximate surface area is 109 Å². The Morgan fingerprint density at radius 2 is 2.06 bits per heavy atom. The van der Waals surface area contributed by atoms with Crippen molar-refractivity contribution in [1.29, 1.82) is 0 Å². The summed E-state index contributed by atoms with van der Waals surface area (Å²) in [4.78, 5) is 0. The lowest BCUT2D eigenvalue weighted by atomic mass is 10.1. The van der Waals surface area contributed by atoms with Gasteiger partial charge in [0.1, 0.15) is 11.6 Å². The fourth-order valence-corrected chi connectivity index (χ4v) is 2.23. The second-order valence-corrected chi connectivity index (χ2v) is 5.38. The van der Waals surface area contributed by atoms with Crippen LogP contribution in [0.5, 0.6) is 5.75 Å². The zero-order valence-electron chi connectivity index (χ0n) is 10.4. The van der Waals surface area contributed by atoms with Gasteiger partial charge in [-0.3, -0.25) is 9.67 Å². The predicted octanol–water partition coefficient (Wildman–Crippen LogP) is 3.21. The second-order valence-electron chi connectivity index (χ2n) is 4.99. The van der Waals surface area contributed by atoms with E-state index in [1.54, 1.807) is 4.57 Å². The Morgan fingerprint density at radius 3 is 2.61 bits per heavy atom. The zero-order valence-corrected chi connectivity index (χ0v) is 11.2. The fourth-order valence-electron chi connectivity index (χ4n) is 1.82. The molecule has 0 bridgehead atoms. The van der Waals surface area contributed by atoms with Crippen LogP contribution < -0.4 is 0 Å². The van der Waals surface area contributed by atoms with E-state index in [-0.39, 0.29) is 16.9 Å². The Hall–Kier alpha value is -1.69. The Morgan fingerprint density at radius 1 is 1.39 bits per heavy atom. The molecule has 0 aliphatic carbocycles. The third-order valence-electron chi connectivity index (χ3n) is 2.56. The molecule has 96 valence electrons. The number of hydrogen-bond acceptors (Lipinski definition) is 3. The van der Waals surface area contributed by atoms with Crippen molar-refractivity contribution < 1.29 is 9.50 Å². The van der Waals surface area contributed by atoms with E-state index < -0.39 is 5.82 Å². The molecule has 2 rings (SSSR count). The molecule has 4 nitrogen and oxygen atoms in total. The lowest BCUT2D eigenvalue weighted by molar-refractivity contribution is 0.393. The molecule has 0 aliphatic heterocycles. The van der Waals surface area contributed by atoms with E-state index in [1.807, 2.05) is 20.8 Å². The van der Waals surface area contributed by atoms with Gasteiger partial charge in [0.2, 0.25) is 0 Å². The summed E-state index contributed by atoms with van der Waals surface area (Å²) in [7, 11) is 0. The molecule has 18 heavy (non-hydrogen) atoms. The van der Waals surface area contributed by atoms with Crippen LogP contribution in [-0.2, 0) is 5.54 Å². The second kappa shape index (κ2) is 4.20. The first-order valence-electron chi connectivity index (χ1n) is 5.48. The van der Waals surface area contributed by atoms with Crippen LogP contribution in [0.1, 0.15) is 20.8 Å². The number of aromatic nitrogens is 3. The van der Waals surface area contributed by atoms with Gasteiger partial charge in [-0.05, 0) is 45.1 Å². The normalized spacial score (nSPS) is 11.8. The lowest BCUT2D eigenvalue weighted by Gasteiger charge is -2.22. The monoisotopic (exact) mass is 267 g/mol. The van der Waals surface area contributed by atoms with Crippen LogP contribution in [-0.4, -0.2) is 19.9 Å². The molecule has 6 heteroatoms. The van der Waals surface area contributed by atoms with Gasteiger partial charge < -0.3 is 5.11 Å². The minimum absolute atomic E-state index is 0.0553. The average Bonchev–Trinajstić information content (AvgIpc) is 2.59. The van der Waals surface area contributed by atoms with Gasteiger partial charge in [-0.2, -0.15) is 5.10 Å². The Kier molecular flexibility index (Phi) is 2.98. The quantitative estimate of drug-likeness (QED) is 0.780. The van der Waals surface area contributed by atoms with Gasteiger partial charge in [-0.1, -0.05) is 6.07 Å². The first-order valence-corrected chi connectivity index (χ1v) is 5.89. The smallest absolute Gasteiger partial charge is 0.195 e. The Bertz CT molecular complexity index is 619. The van der Waals surface area contributed by atoms with Crippen molar-refractivity contribution in [1.82, 2.24) is 14.8 Å². The number of hydrogen-bond donors (Lipinski definition) is 2. The summed E-state index contributed by atoms with van der Waals surface area (Å²) in [6.07, 6.45) is 0. The van der Waals surface area contributed by atoms with Crippen LogP contribution in [0.25, 0.3) is 11.4 Å². The van der Waals surface area contributed by atoms with E-state index >= 15 is 0 Å². The van der Waals surface area contributed by atoms with Crippen molar-refractivity contribution in [2.75, 3.05) is 0 Å². The van der Waals surface area contributed by atoms with Crippen molar-refractivity contribution in [3.05, 3.63) is 28.8 Å². The molecule has 0 spiro atoms. The fraction of sp³-hybridized carbons (Fsp3) is 0.333. The minimum atomic E-state index is -0.533. The summed E-state index contributed by atoms with van der Waals surface area (Å²) >= 11 is 5.15. The topological polar surface area (TPSA) is 53.8 Å². The molecular weight excluding hydrogens is 253 g/mol. The molecule has 0 unspecified atom stereocenters. The summed E-state index contributed by atoms with van der Waals surface area (Å²) in [5.74, 6) is -0.396. The summed E-state index contributed by atoms with van der Waals surface area (Å²) in [6.45, 7) is 5.79. The highest BCUT2D eigenvalue weighted by Gasteiger charge is 2.24. The highest BCUT2D eigenvalue weighted by atomic mass is 32.1. The van der Waals surface area contributed by atoms with Gasteiger partial charge in [-0.15, -0.1) is 0 Å². The number of phenols is 1. The molecule has 0 fully saturated rings. The number of aromatic amines is 1. The van der Waals surface area contributed by atoms with Crippen molar-refractivity contribution in [3.8, 4) is 17.1 Å². The number of benzene rings is 1. The maximum Gasteiger partial charge on any atom is 0.195 e. The van der Waals surface area contributed by atoms with Crippen molar-refractivity contribution >= 4 is 12.2 Å². The third kappa shape index (κ3) is 2.03. The van der Waals surface area contributed by atoms with Gasteiger partial charge in [-0.25, -0.2) is 4.39 Å². The maximum absolute atomic E-state index is 13.9. The molecule has 1 aromatic carbocycles. The van der Waals surface area contributed by atoms with E-state index in [1.165, 1.54) is 18.2 Å². The number of nitrogens with one attached hydrogen (secondary N) is 1. The maximum atomic E-state index is 13.9. The third-order valence-corrected chi connectivity index (χ3v) is 2.83. The number of rotatable bonds is 1. The van der Waals surface area contributed by atoms with Crippen LogP contribution in [0, 0.1) is 10.6 Å². The highest BCUT2D eigenvalue weighted by Crippen LogP contribution is 2.32. The van der Waals surface area contributed by atoms with Crippen LogP contribution in [0.2, 0.25) is 0 Å². The standard InChI is InChI=1S/C12H14FN3OS/c1-12(2,3)16-10(14-15-11(16)18)9-7(13)5-4-6-8(9)17/h4-6,17H,1-3H3,(H,15,18). The van der Waals surface area contributed by atoms with E-state index in [2.05, 4.69) is 10.2 Å². The predicted molar refractivity (Wildman–Crippen MR) is 69.5 cm³/mol. The van der Waals surface area contributed by atoms with Crippen LogP contribution in [0.4, 0.5) is 4.39 Å². The van der Waals surface area contributed by atoms with Crippen LogP contribution >= 0.6 is 12.2 Å². The van der Waals surface area contributed by atoms with Crippen molar-refractivity contribution in [2.45, 2.75) is 26.3 Å². The van der Waals surface area contributed by atoms with Crippen LogP contribution in [0.3, 0.4) is 0 Å². The molecule has 0 saturated carbocycles. The van der Waals surface area contributed by atoms with Gasteiger partial charge in [0.15, 0.2) is 10.6 Å². The lowest BCUT2D eigenvalue weighted by Crippen LogP contribution is -2.23. The molecule has 1 heterocycles. The molecule has 0 amide bonds. The number of aromatic hydroxyl groups is 1. The number of halogens is 1. The first kappa shape index (κ1) is 12.8. The first-order chi connectivity index (χ1) is 8.32. The van der Waals surface area contributed by atoms with Crippen molar-refractivity contribution in [3.63, 3.8) is 0 Å². The van der Waals surface area contributed by atoms with Crippen LogP contribution in [0.15, 0.2) is 18.2 Å². The summed E-state index contributed by atoms with van der Waals surface area (Å²) in [5, 5.41) is 16.5. The highest BCUT2D eigenvalue weighted by molar-refractivity contribution is 7.71. The summed E-state index contributed by atoms with van der Waals surface area (Å²) < 4.78 is 15.9. The van der Waals surface area contributed by atoms with E-state index in [9.17, 15) is 9.50 Å². The molecule has 2 aromatic rings. The van der Waals surface area contributed by atoms with Gasteiger partial charge >= 0.3 is 0 Å². The number of nitrogens with zero attached hydrogens (tertiary/aromatic N) is 2. The molecular formula is C12H14FN3OS. The molecule has 0 radical (unpaired) electrons. The Balaban J connectivity index is 2.78. The van der Waals surface area contributed by atoms with Gasteiger partial charge in [0.25, 0.3) is 0 Å². The van der Waals surface area contributed by atoms with E-state index in [4.69, 9.17) is 12.2 Å².